The largest absolute Gasteiger partial charge is 0.471 e. The fourth-order valence-electron chi connectivity index (χ4n) is 2.92. The first-order valence-electron chi connectivity index (χ1n) is 8.16. The zero-order valence-electron chi connectivity index (χ0n) is 14.0. The molecule has 1 aromatic heterocycles. The first-order valence-corrected chi connectivity index (χ1v) is 9.04. The second kappa shape index (κ2) is 6.84. The Labute approximate surface area is 157 Å². The van der Waals surface area contributed by atoms with Gasteiger partial charge in [0.05, 0.1) is 17.9 Å². The lowest BCUT2D eigenvalue weighted by atomic mass is 10.1. The van der Waals surface area contributed by atoms with E-state index in [0.29, 0.717) is 28.2 Å². The number of carbonyl (C=O) groups is 2. The molecule has 27 heavy (non-hydrogen) atoms. The van der Waals surface area contributed by atoms with Gasteiger partial charge in [-0.25, -0.2) is 4.79 Å². The quantitative estimate of drug-likeness (QED) is 0.258. The van der Waals surface area contributed by atoms with Crippen LogP contribution in [0.3, 0.4) is 0 Å². The normalized spacial score (nSPS) is 19.8. The summed E-state index contributed by atoms with van der Waals surface area (Å²) in [6.07, 6.45) is 0.0175. The number of non-ortho nitro benzene ring substituents is 1. The molecule has 2 fully saturated rings. The first-order chi connectivity index (χ1) is 13.0. The number of nitro groups is 1. The van der Waals surface area contributed by atoms with E-state index in [2.05, 4.69) is 0 Å². The fourth-order valence-corrected chi connectivity index (χ4v) is 3.70. The first kappa shape index (κ1) is 17.2. The number of thiophene rings is 1. The molecule has 2 aromatic rings. The molecule has 4 rings (SSSR count). The summed E-state index contributed by atoms with van der Waals surface area (Å²) in [7, 11) is 0. The predicted octanol–water partition coefficient (Wildman–Crippen LogP) is 2.70. The van der Waals surface area contributed by atoms with Gasteiger partial charge >= 0.3 is 5.97 Å². The smallest absolute Gasteiger partial charge is 0.343 e. The van der Waals surface area contributed by atoms with Crippen LogP contribution in [-0.2, 0) is 25.7 Å². The molecule has 1 atom stereocenters. The number of rotatable bonds is 5. The Kier molecular flexibility index (Phi) is 4.36. The molecule has 0 N–H and O–H groups in total. The molecule has 2 saturated heterocycles. The molecule has 0 spiro atoms. The fraction of sp³-hybridized carbons (Fsp3) is 0.222. The lowest BCUT2D eigenvalue weighted by molar-refractivity contribution is -0.384. The Morgan fingerprint density at radius 2 is 2.11 bits per heavy atom. The number of nitro benzene ring substituents is 1. The summed E-state index contributed by atoms with van der Waals surface area (Å²) in [5, 5.41) is 12.5. The van der Waals surface area contributed by atoms with Crippen LogP contribution in [0.5, 0.6) is 0 Å². The minimum absolute atomic E-state index is 0.000207. The molecule has 0 saturated carbocycles. The highest BCUT2D eigenvalue weighted by Gasteiger charge is 2.45. The van der Waals surface area contributed by atoms with E-state index in [-0.39, 0.29) is 31.0 Å². The van der Waals surface area contributed by atoms with Crippen LogP contribution >= 0.6 is 11.3 Å². The van der Waals surface area contributed by atoms with E-state index in [0.717, 1.165) is 0 Å². The highest BCUT2D eigenvalue weighted by Crippen LogP contribution is 2.36. The Morgan fingerprint density at radius 1 is 1.33 bits per heavy atom. The highest BCUT2D eigenvalue weighted by atomic mass is 32.1. The average molecular weight is 386 g/mol. The van der Waals surface area contributed by atoms with Crippen molar-refractivity contribution in [1.82, 2.24) is 4.90 Å². The molecule has 1 amide bonds. The van der Waals surface area contributed by atoms with Crippen molar-refractivity contribution in [3.63, 3.8) is 0 Å². The van der Waals surface area contributed by atoms with Crippen molar-refractivity contribution in [3.8, 4) is 0 Å². The van der Waals surface area contributed by atoms with Crippen LogP contribution in [0.1, 0.15) is 16.9 Å². The summed E-state index contributed by atoms with van der Waals surface area (Å²) in [6.45, 7) is 0.231. The third-order valence-electron chi connectivity index (χ3n) is 4.38. The minimum Gasteiger partial charge on any atom is -0.471 e. The van der Waals surface area contributed by atoms with Crippen molar-refractivity contribution in [2.75, 3.05) is 6.54 Å². The number of carbonyl (C=O) groups excluding carboxylic acids is 2. The lowest BCUT2D eigenvalue weighted by Crippen LogP contribution is -2.48. The number of nitrogens with zero attached hydrogens (tertiary/aromatic N) is 2. The van der Waals surface area contributed by atoms with Crippen LogP contribution in [0.15, 0.2) is 47.5 Å². The van der Waals surface area contributed by atoms with E-state index in [1.54, 1.807) is 23.1 Å². The Balaban J connectivity index is 1.52. The van der Waals surface area contributed by atoms with Gasteiger partial charge in [-0.15, -0.1) is 11.3 Å². The van der Waals surface area contributed by atoms with Crippen molar-refractivity contribution in [2.24, 2.45) is 0 Å². The molecule has 0 radical (unpaired) electrons. The maximum absolute atomic E-state index is 12.7. The number of amides is 1. The molecule has 2 aliphatic rings. The van der Waals surface area contributed by atoms with Gasteiger partial charge < -0.3 is 9.47 Å². The monoisotopic (exact) mass is 386 g/mol. The molecular formula is C18H14N2O6S. The summed E-state index contributed by atoms with van der Waals surface area (Å²) < 4.78 is 11.1. The van der Waals surface area contributed by atoms with E-state index < -0.39 is 10.9 Å². The van der Waals surface area contributed by atoms with Crippen molar-refractivity contribution >= 4 is 34.5 Å². The second-order valence-electron chi connectivity index (χ2n) is 6.07. The Hall–Kier alpha value is -3.20. The Bertz CT molecular complexity index is 935. The van der Waals surface area contributed by atoms with Crippen LogP contribution in [0.4, 0.5) is 5.69 Å². The van der Waals surface area contributed by atoms with E-state index in [1.165, 1.54) is 23.5 Å². The van der Waals surface area contributed by atoms with Gasteiger partial charge in [0.2, 0.25) is 5.91 Å². The van der Waals surface area contributed by atoms with Gasteiger partial charge in [0.15, 0.2) is 6.23 Å². The number of hydrogen-bond acceptors (Lipinski definition) is 7. The lowest BCUT2D eigenvalue weighted by Gasteiger charge is -2.30. The SMILES string of the molecule is O=C(OCc1ccc([N+](=O)[O-])cc1)C(=C1CN2C(=O)CC2O1)c1cccs1. The van der Waals surface area contributed by atoms with Gasteiger partial charge in [-0.1, -0.05) is 6.07 Å². The summed E-state index contributed by atoms with van der Waals surface area (Å²) in [4.78, 5) is 36.8. The zero-order chi connectivity index (χ0) is 19.0. The third kappa shape index (κ3) is 3.28. The summed E-state index contributed by atoms with van der Waals surface area (Å²) in [6, 6.07) is 9.41. The number of hydrogen-bond donors (Lipinski definition) is 0. The number of ether oxygens (including phenoxy) is 2. The highest BCUT2D eigenvalue weighted by molar-refractivity contribution is 7.11. The maximum atomic E-state index is 12.7. The van der Waals surface area contributed by atoms with Crippen molar-refractivity contribution < 1.29 is 24.0 Å². The summed E-state index contributed by atoms with van der Waals surface area (Å²) >= 11 is 1.38. The predicted molar refractivity (Wildman–Crippen MR) is 95.3 cm³/mol. The molecule has 3 heterocycles. The van der Waals surface area contributed by atoms with Gasteiger partial charge in [-0.05, 0) is 29.1 Å². The topological polar surface area (TPSA) is 99.0 Å². The standard InChI is InChI=1S/C18H14N2O6S/c21-15-8-16-19(15)9-13(26-16)17(14-2-1-7-27-14)18(22)25-10-11-3-5-12(6-4-11)20(23)24/h1-7,16H,8-10H2. The molecular weight excluding hydrogens is 372 g/mol. The van der Waals surface area contributed by atoms with Crippen LogP contribution in [0, 0.1) is 10.1 Å². The van der Waals surface area contributed by atoms with Crippen molar-refractivity contribution in [2.45, 2.75) is 19.3 Å². The van der Waals surface area contributed by atoms with Crippen LogP contribution in [-0.4, -0.2) is 34.5 Å². The zero-order valence-corrected chi connectivity index (χ0v) is 14.8. The minimum atomic E-state index is -0.555. The van der Waals surface area contributed by atoms with Crippen LogP contribution in [0.2, 0.25) is 0 Å². The second-order valence-corrected chi connectivity index (χ2v) is 7.02. The molecule has 9 heteroatoms. The average Bonchev–Trinajstić information content (AvgIpc) is 3.29. The van der Waals surface area contributed by atoms with E-state index in [4.69, 9.17) is 9.47 Å². The van der Waals surface area contributed by atoms with Gasteiger partial charge in [-0.3, -0.25) is 19.8 Å². The van der Waals surface area contributed by atoms with Crippen molar-refractivity contribution in [1.29, 1.82) is 0 Å². The molecule has 8 nitrogen and oxygen atoms in total. The number of esters is 1. The van der Waals surface area contributed by atoms with Gasteiger partial charge in [0.25, 0.3) is 5.69 Å². The molecule has 0 aliphatic carbocycles. The van der Waals surface area contributed by atoms with Crippen molar-refractivity contribution in [3.05, 3.63) is 68.1 Å². The Morgan fingerprint density at radius 3 is 2.70 bits per heavy atom. The van der Waals surface area contributed by atoms with Crippen LogP contribution in [0.25, 0.3) is 5.57 Å². The summed E-state index contributed by atoms with van der Waals surface area (Å²) in [5.41, 5.74) is 0.921. The maximum Gasteiger partial charge on any atom is 0.343 e. The summed E-state index contributed by atoms with van der Waals surface area (Å²) in [5.74, 6) is -0.123. The molecule has 2 aliphatic heterocycles. The van der Waals surface area contributed by atoms with E-state index in [1.807, 2.05) is 11.4 Å². The third-order valence-corrected chi connectivity index (χ3v) is 5.26. The van der Waals surface area contributed by atoms with Gasteiger partial charge in [0.1, 0.15) is 17.9 Å². The van der Waals surface area contributed by atoms with Gasteiger partial charge in [0, 0.05) is 17.0 Å². The van der Waals surface area contributed by atoms with Crippen LogP contribution < -0.4 is 0 Å². The number of fused-ring (bicyclic) bond motifs is 1. The van der Waals surface area contributed by atoms with E-state index in [9.17, 15) is 19.7 Å². The number of benzene rings is 1. The molecule has 1 aromatic carbocycles. The molecule has 138 valence electrons. The number of β-lactam (4-membered cyclic amide) rings is 1. The molecule has 1 unspecified atom stereocenters. The van der Waals surface area contributed by atoms with E-state index >= 15 is 0 Å². The van der Waals surface area contributed by atoms with Gasteiger partial charge in [-0.2, -0.15) is 0 Å². The molecule has 0 bridgehead atoms.